The van der Waals surface area contributed by atoms with Gasteiger partial charge in [0.25, 0.3) is 0 Å². The molecule has 0 unspecified atom stereocenters. The van der Waals surface area contributed by atoms with E-state index in [-0.39, 0.29) is 12.3 Å². The largest absolute Gasteiger partial charge is 0.480 e. The van der Waals surface area contributed by atoms with Crippen molar-refractivity contribution >= 4 is 11.9 Å². The van der Waals surface area contributed by atoms with Crippen LogP contribution in [0, 0.1) is 0 Å². The SMILES string of the molecule is CCCCNC(=O)C[C@@H](NCCC)C(=O)O. The fourth-order valence-electron chi connectivity index (χ4n) is 1.23. The molecule has 5 nitrogen and oxygen atoms in total. The number of nitrogens with one attached hydrogen (secondary N) is 2. The third-order valence-electron chi connectivity index (χ3n) is 2.18. The van der Waals surface area contributed by atoms with Crippen molar-refractivity contribution < 1.29 is 14.7 Å². The molecule has 94 valence electrons. The molecule has 0 aromatic rings. The first-order chi connectivity index (χ1) is 7.61. The molecule has 0 aliphatic heterocycles. The molecule has 1 amide bonds. The molecule has 0 saturated heterocycles. The van der Waals surface area contributed by atoms with E-state index in [0.717, 1.165) is 19.3 Å². The molecule has 0 spiro atoms. The van der Waals surface area contributed by atoms with Gasteiger partial charge in [-0.15, -0.1) is 0 Å². The standard InChI is InChI=1S/C11H22N2O3/c1-3-5-7-13-10(14)8-9(11(15)16)12-6-4-2/h9,12H,3-8H2,1-2H3,(H,13,14)(H,15,16)/t9-/m1/s1. The minimum absolute atomic E-state index is 0.000945. The summed E-state index contributed by atoms with van der Waals surface area (Å²) >= 11 is 0. The Labute approximate surface area is 96.6 Å². The van der Waals surface area contributed by atoms with E-state index in [4.69, 9.17) is 5.11 Å². The second-order valence-electron chi connectivity index (χ2n) is 3.75. The number of carbonyl (C=O) groups excluding carboxylic acids is 1. The Balaban J connectivity index is 3.88. The van der Waals surface area contributed by atoms with Crippen LogP contribution >= 0.6 is 0 Å². The van der Waals surface area contributed by atoms with Crippen LogP contribution < -0.4 is 10.6 Å². The van der Waals surface area contributed by atoms with Crippen LogP contribution in [0.25, 0.3) is 0 Å². The number of carbonyl (C=O) groups is 2. The number of carboxylic acids is 1. The number of hydrogen-bond donors (Lipinski definition) is 3. The highest BCUT2D eigenvalue weighted by molar-refractivity contribution is 5.84. The van der Waals surface area contributed by atoms with Crippen LogP contribution in [0.5, 0.6) is 0 Å². The summed E-state index contributed by atoms with van der Waals surface area (Å²) in [6.45, 7) is 5.22. The van der Waals surface area contributed by atoms with E-state index >= 15 is 0 Å². The molecule has 3 N–H and O–H groups in total. The summed E-state index contributed by atoms with van der Waals surface area (Å²) in [6.07, 6.45) is 2.78. The topological polar surface area (TPSA) is 78.4 Å². The normalized spacial score (nSPS) is 12.1. The first kappa shape index (κ1) is 14.9. The summed E-state index contributed by atoms with van der Waals surface area (Å²) in [5.41, 5.74) is 0. The van der Waals surface area contributed by atoms with Gasteiger partial charge in [0.2, 0.25) is 5.91 Å². The predicted molar refractivity (Wildman–Crippen MR) is 62.3 cm³/mol. The van der Waals surface area contributed by atoms with Crippen molar-refractivity contribution in [2.75, 3.05) is 13.1 Å². The molecule has 0 aliphatic carbocycles. The maximum absolute atomic E-state index is 11.4. The maximum Gasteiger partial charge on any atom is 0.321 e. The zero-order chi connectivity index (χ0) is 12.4. The number of amides is 1. The van der Waals surface area contributed by atoms with Crippen molar-refractivity contribution in [1.82, 2.24) is 10.6 Å². The average molecular weight is 230 g/mol. The van der Waals surface area contributed by atoms with Crippen LogP contribution in [-0.4, -0.2) is 36.1 Å². The average Bonchev–Trinajstić information content (AvgIpc) is 2.24. The fraction of sp³-hybridized carbons (Fsp3) is 0.818. The third kappa shape index (κ3) is 7.23. The molecule has 0 bridgehead atoms. The van der Waals surface area contributed by atoms with E-state index in [1.54, 1.807) is 0 Å². The summed E-state index contributed by atoms with van der Waals surface area (Å²) in [6, 6.07) is -0.776. The van der Waals surface area contributed by atoms with Gasteiger partial charge in [0.05, 0.1) is 6.42 Å². The van der Waals surface area contributed by atoms with E-state index < -0.39 is 12.0 Å². The highest BCUT2D eigenvalue weighted by Gasteiger charge is 2.19. The van der Waals surface area contributed by atoms with Crippen molar-refractivity contribution in [2.45, 2.75) is 45.6 Å². The van der Waals surface area contributed by atoms with Crippen LogP contribution in [0.2, 0.25) is 0 Å². The van der Waals surface area contributed by atoms with Gasteiger partial charge < -0.3 is 15.7 Å². The second kappa shape index (κ2) is 9.15. The van der Waals surface area contributed by atoms with Crippen molar-refractivity contribution in [1.29, 1.82) is 0 Å². The lowest BCUT2D eigenvalue weighted by Gasteiger charge is -2.13. The summed E-state index contributed by atoms with van der Waals surface area (Å²) in [5.74, 6) is -1.18. The van der Waals surface area contributed by atoms with Gasteiger partial charge in [-0.1, -0.05) is 20.3 Å². The van der Waals surface area contributed by atoms with Crippen molar-refractivity contribution in [3.63, 3.8) is 0 Å². The summed E-state index contributed by atoms with van der Waals surface area (Å²) < 4.78 is 0. The van der Waals surface area contributed by atoms with Crippen LogP contribution in [-0.2, 0) is 9.59 Å². The van der Waals surface area contributed by atoms with Crippen LogP contribution in [0.15, 0.2) is 0 Å². The van der Waals surface area contributed by atoms with Crippen molar-refractivity contribution in [3.05, 3.63) is 0 Å². The highest BCUT2D eigenvalue weighted by atomic mass is 16.4. The smallest absolute Gasteiger partial charge is 0.321 e. The Bertz CT molecular complexity index is 219. The zero-order valence-corrected chi connectivity index (χ0v) is 10.1. The molecule has 0 aliphatic rings. The second-order valence-corrected chi connectivity index (χ2v) is 3.75. The Kier molecular flexibility index (Phi) is 8.52. The molecule has 5 heteroatoms. The van der Waals surface area contributed by atoms with Crippen LogP contribution in [0.4, 0.5) is 0 Å². The lowest BCUT2D eigenvalue weighted by atomic mass is 10.2. The quantitative estimate of drug-likeness (QED) is 0.511. The lowest BCUT2D eigenvalue weighted by Crippen LogP contribution is -2.41. The Morgan fingerprint density at radius 2 is 1.88 bits per heavy atom. The van der Waals surface area contributed by atoms with Gasteiger partial charge in [-0.3, -0.25) is 9.59 Å². The Morgan fingerprint density at radius 1 is 1.19 bits per heavy atom. The third-order valence-corrected chi connectivity index (χ3v) is 2.18. The molecule has 0 saturated carbocycles. The molecule has 1 atom stereocenters. The Morgan fingerprint density at radius 3 is 2.38 bits per heavy atom. The van der Waals surface area contributed by atoms with Gasteiger partial charge in [-0.2, -0.15) is 0 Å². The van der Waals surface area contributed by atoms with Crippen molar-refractivity contribution in [2.24, 2.45) is 0 Å². The zero-order valence-electron chi connectivity index (χ0n) is 10.1. The fourth-order valence-corrected chi connectivity index (χ4v) is 1.23. The number of aliphatic carboxylic acids is 1. The van der Waals surface area contributed by atoms with E-state index in [2.05, 4.69) is 10.6 Å². The van der Waals surface area contributed by atoms with E-state index in [1.165, 1.54) is 0 Å². The predicted octanol–water partition coefficient (Wildman–Crippen LogP) is 0.746. The Hall–Kier alpha value is -1.10. The molecule has 16 heavy (non-hydrogen) atoms. The number of unbranched alkanes of at least 4 members (excludes halogenated alkanes) is 1. The summed E-state index contributed by atoms with van der Waals surface area (Å²) in [7, 11) is 0. The molecular weight excluding hydrogens is 208 g/mol. The first-order valence-corrected chi connectivity index (χ1v) is 5.84. The van der Waals surface area contributed by atoms with Gasteiger partial charge in [0.1, 0.15) is 6.04 Å². The molecule has 0 rings (SSSR count). The molecule has 0 heterocycles. The number of carboxylic acid groups (broad SMARTS) is 1. The first-order valence-electron chi connectivity index (χ1n) is 5.84. The number of hydrogen-bond acceptors (Lipinski definition) is 3. The number of rotatable bonds is 9. The molecular formula is C11H22N2O3. The van der Waals surface area contributed by atoms with Crippen LogP contribution in [0.1, 0.15) is 39.5 Å². The van der Waals surface area contributed by atoms with E-state index in [9.17, 15) is 9.59 Å². The van der Waals surface area contributed by atoms with E-state index in [1.807, 2.05) is 13.8 Å². The van der Waals surface area contributed by atoms with E-state index in [0.29, 0.717) is 13.1 Å². The van der Waals surface area contributed by atoms with Gasteiger partial charge in [-0.25, -0.2) is 0 Å². The molecule has 0 aromatic carbocycles. The monoisotopic (exact) mass is 230 g/mol. The minimum Gasteiger partial charge on any atom is -0.480 e. The summed E-state index contributed by atoms with van der Waals surface area (Å²) in [5, 5.41) is 14.4. The van der Waals surface area contributed by atoms with Gasteiger partial charge in [0, 0.05) is 6.54 Å². The molecule has 0 fully saturated rings. The highest BCUT2D eigenvalue weighted by Crippen LogP contribution is 1.94. The maximum atomic E-state index is 11.4. The van der Waals surface area contributed by atoms with Gasteiger partial charge in [-0.05, 0) is 19.4 Å². The van der Waals surface area contributed by atoms with Gasteiger partial charge >= 0.3 is 5.97 Å². The minimum atomic E-state index is -0.973. The lowest BCUT2D eigenvalue weighted by molar-refractivity contribution is -0.141. The molecule has 0 radical (unpaired) electrons. The summed E-state index contributed by atoms with van der Waals surface area (Å²) in [4.78, 5) is 22.2. The molecule has 0 aromatic heterocycles. The van der Waals surface area contributed by atoms with Gasteiger partial charge in [0.15, 0.2) is 0 Å². The van der Waals surface area contributed by atoms with Crippen LogP contribution in [0.3, 0.4) is 0 Å². The van der Waals surface area contributed by atoms with Crippen molar-refractivity contribution in [3.8, 4) is 0 Å².